The van der Waals surface area contributed by atoms with E-state index in [9.17, 15) is 0 Å². The number of likely N-dealkylation sites (N-methyl/N-ethyl adjacent to an activating group) is 1. The van der Waals surface area contributed by atoms with Crippen molar-refractivity contribution in [2.75, 3.05) is 19.6 Å². The smallest absolute Gasteiger partial charge is 0.0236 e. The molecule has 1 fully saturated rings. The summed E-state index contributed by atoms with van der Waals surface area (Å²) in [6.07, 6.45) is 5.45. The van der Waals surface area contributed by atoms with Crippen molar-refractivity contribution in [3.8, 4) is 0 Å². The van der Waals surface area contributed by atoms with Gasteiger partial charge in [0.2, 0.25) is 0 Å². The number of benzene rings is 1. The molecule has 0 saturated carbocycles. The van der Waals surface area contributed by atoms with Crippen molar-refractivity contribution in [2.24, 2.45) is 0 Å². The summed E-state index contributed by atoms with van der Waals surface area (Å²) in [6.45, 7) is 11.3. The average molecular weight is 288 g/mol. The van der Waals surface area contributed by atoms with Crippen LogP contribution in [0.5, 0.6) is 0 Å². The SMILES string of the molecule is CCNCC(C)c1ccc(CN2CCCCC2CC)cc1. The molecule has 1 aromatic rings. The van der Waals surface area contributed by atoms with Crippen molar-refractivity contribution in [3.63, 3.8) is 0 Å². The maximum absolute atomic E-state index is 3.43. The molecule has 2 atom stereocenters. The van der Waals surface area contributed by atoms with Crippen molar-refractivity contribution in [2.45, 2.75) is 65.0 Å². The lowest BCUT2D eigenvalue weighted by molar-refractivity contribution is 0.136. The van der Waals surface area contributed by atoms with Crippen LogP contribution in [-0.4, -0.2) is 30.6 Å². The first-order chi connectivity index (χ1) is 10.2. The van der Waals surface area contributed by atoms with Crippen LogP contribution in [0.4, 0.5) is 0 Å². The molecule has 21 heavy (non-hydrogen) atoms. The zero-order valence-corrected chi connectivity index (χ0v) is 14.1. The summed E-state index contributed by atoms with van der Waals surface area (Å²) in [7, 11) is 0. The topological polar surface area (TPSA) is 15.3 Å². The summed E-state index contributed by atoms with van der Waals surface area (Å²) in [5.74, 6) is 0.595. The summed E-state index contributed by atoms with van der Waals surface area (Å²) in [5, 5.41) is 3.43. The lowest BCUT2D eigenvalue weighted by Crippen LogP contribution is -2.38. The van der Waals surface area contributed by atoms with Gasteiger partial charge < -0.3 is 5.32 Å². The molecule has 2 heteroatoms. The van der Waals surface area contributed by atoms with Crippen LogP contribution in [0, 0.1) is 0 Å². The van der Waals surface area contributed by atoms with Crippen molar-refractivity contribution < 1.29 is 0 Å². The minimum Gasteiger partial charge on any atom is -0.316 e. The maximum atomic E-state index is 3.43. The van der Waals surface area contributed by atoms with Crippen LogP contribution in [0.1, 0.15) is 63.5 Å². The maximum Gasteiger partial charge on any atom is 0.0236 e. The van der Waals surface area contributed by atoms with Gasteiger partial charge in [0.25, 0.3) is 0 Å². The van der Waals surface area contributed by atoms with Gasteiger partial charge in [-0.3, -0.25) is 4.90 Å². The molecular formula is C19H32N2. The van der Waals surface area contributed by atoms with Crippen LogP contribution in [-0.2, 0) is 6.54 Å². The molecule has 1 aliphatic heterocycles. The van der Waals surface area contributed by atoms with E-state index in [1.54, 1.807) is 0 Å². The van der Waals surface area contributed by atoms with E-state index in [1.807, 2.05) is 0 Å². The number of nitrogens with zero attached hydrogens (tertiary/aromatic N) is 1. The highest BCUT2D eigenvalue weighted by Crippen LogP contribution is 2.22. The second kappa shape index (κ2) is 8.55. The zero-order valence-electron chi connectivity index (χ0n) is 14.1. The van der Waals surface area contributed by atoms with Gasteiger partial charge in [0.15, 0.2) is 0 Å². The fraction of sp³-hybridized carbons (Fsp3) is 0.684. The van der Waals surface area contributed by atoms with Gasteiger partial charge in [0.1, 0.15) is 0 Å². The molecule has 1 saturated heterocycles. The van der Waals surface area contributed by atoms with Gasteiger partial charge in [0.05, 0.1) is 0 Å². The molecular weight excluding hydrogens is 256 g/mol. The van der Waals surface area contributed by atoms with Crippen LogP contribution in [0.2, 0.25) is 0 Å². The molecule has 0 spiro atoms. The first kappa shape index (κ1) is 16.5. The Balaban J connectivity index is 1.92. The Morgan fingerprint density at radius 2 is 1.95 bits per heavy atom. The first-order valence-electron chi connectivity index (χ1n) is 8.78. The molecule has 2 rings (SSSR count). The van der Waals surface area contributed by atoms with Gasteiger partial charge in [-0.25, -0.2) is 0 Å². The lowest BCUT2D eigenvalue weighted by atomic mass is 9.97. The molecule has 1 aliphatic rings. The molecule has 1 aromatic carbocycles. The van der Waals surface area contributed by atoms with Crippen molar-refractivity contribution in [3.05, 3.63) is 35.4 Å². The van der Waals surface area contributed by atoms with Crippen LogP contribution >= 0.6 is 0 Å². The van der Waals surface area contributed by atoms with Gasteiger partial charge in [-0.2, -0.15) is 0 Å². The van der Waals surface area contributed by atoms with E-state index in [2.05, 4.69) is 55.3 Å². The monoisotopic (exact) mass is 288 g/mol. The van der Waals surface area contributed by atoms with Gasteiger partial charge in [0, 0.05) is 19.1 Å². The summed E-state index contributed by atoms with van der Waals surface area (Å²) in [5.41, 5.74) is 2.92. The molecule has 1 heterocycles. The van der Waals surface area contributed by atoms with Crippen LogP contribution in [0.15, 0.2) is 24.3 Å². The summed E-state index contributed by atoms with van der Waals surface area (Å²) in [6, 6.07) is 10.1. The molecule has 0 bridgehead atoms. The third-order valence-corrected chi connectivity index (χ3v) is 4.86. The van der Waals surface area contributed by atoms with Crippen LogP contribution in [0.25, 0.3) is 0 Å². The highest BCUT2D eigenvalue weighted by molar-refractivity contribution is 5.25. The Morgan fingerprint density at radius 1 is 1.19 bits per heavy atom. The van der Waals surface area contributed by atoms with Gasteiger partial charge in [-0.1, -0.05) is 51.5 Å². The summed E-state index contributed by atoms with van der Waals surface area (Å²) < 4.78 is 0. The second-order valence-corrected chi connectivity index (χ2v) is 6.48. The third kappa shape index (κ3) is 4.82. The Morgan fingerprint density at radius 3 is 2.62 bits per heavy atom. The fourth-order valence-electron chi connectivity index (χ4n) is 3.40. The van der Waals surface area contributed by atoms with Gasteiger partial charge in [-0.15, -0.1) is 0 Å². The molecule has 0 radical (unpaired) electrons. The Hall–Kier alpha value is -0.860. The molecule has 1 N–H and O–H groups in total. The van der Waals surface area contributed by atoms with E-state index in [0.717, 1.165) is 25.7 Å². The average Bonchev–Trinajstić information content (AvgIpc) is 2.54. The fourth-order valence-corrected chi connectivity index (χ4v) is 3.40. The normalized spacial score (nSPS) is 21.4. The number of nitrogens with one attached hydrogen (secondary N) is 1. The van der Waals surface area contributed by atoms with E-state index < -0.39 is 0 Å². The Kier molecular flexibility index (Phi) is 6.72. The lowest BCUT2D eigenvalue weighted by Gasteiger charge is -2.35. The zero-order chi connectivity index (χ0) is 15.1. The van der Waals surface area contributed by atoms with E-state index in [0.29, 0.717) is 5.92 Å². The number of hydrogen-bond donors (Lipinski definition) is 1. The van der Waals surface area contributed by atoms with Gasteiger partial charge >= 0.3 is 0 Å². The number of likely N-dealkylation sites (tertiary alicyclic amines) is 1. The molecule has 0 amide bonds. The highest BCUT2D eigenvalue weighted by atomic mass is 15.2. The third-order valence-electron chi connectivity index (χ3n) is 4.86. The van der Waals surface area contributed by atoms with Crippen LogP contribution < -0.4 is 5.32 Å². The van der Waals surface area contributed by atoms with E-state index in [1.165, 1.54) is 43.4 Å². The number of piperidine rings is 1. The molecule has 0 aromatic heterocycles. The molecule has 2 unspecified atom stereocenters. The second-order valence-electron chi connectivity index (χ2n) is 6.48. The Labute approximate surface area is 130 Å². The molecule has 2 nitrogen and oxygen atoms in total. The Bertz CT molecular complexity index is 399. The highest BCUT2D eigenvalue weighted by Gasteiger charge is 2.20. The first-order valence-corrected chi connectivity index (χ1v) is 8.78. The van der Waals surface area contributed by atoms with Crippen molar-refractivity contribution >= 4 is 0 Å². The summed E-state index contributed by atoms with van der Waals surface area (Å²) in [4.78, 5) is 2.68. The predicted octanol–water partition coefficient (Wildman–Crippen LogP) is 4.16. The number of rotatable bonds is 7. The number of hydrogen-bond acceptors (Lipinski definition) is 2. The minimum atomic E-state index is 0.595. The minimum absolute atomic E-state index is 0.595. The molecule has 0 aliphatic carbocycles. The van der Waals surface area contributed by atoms with E-state index in [4.69, 9.17) is 0 Å². The van der Waals surface area contributed by atoms with Gasteiger partial charge in [-0.05, 0) is 49.4 Å². The van der Waals surface area contributed by atoms with E-state index >= 15 is 0 Å². The van der Waals surface area contributed by atoms with E-state index in [-0.39, 0.29) is 0 Å². The van der Waals surface area contributed by atoms with Crippen molar-refractivity contribution in [1.82, 2.24) is 10.2 Å². The largest absolute Gasteiger partial charge is 0.316 e. The molecule has 118 valence electrons. The predicted molar refractivity (Wildman–Crippen MR) is 91.7 cm³/mol. The standard InChI is InChI=1S/C19H32N2/c1-4-19-8-6-7-13-21(19)15-17-9-11-18(12-10-17)16(3)14-20-5-2/h9-12,16,19-20H,4-8,13-15H2,1-3H3. The summed E-state index contributed by atoms with van der Waals surface area (Å²) >= 11 is 0. The van der Waals surface area contributed by atoms with Crippen LogP contribution in [0.3, 0.4) is 0 Å². The quantitative estimate of drug-likeness (QED) is 0.810. The van der Waals surface area contributed by atoms with Crippen molar-refractivity contribution in [1.29, 1.82) is 0 Å².